The molecule has 0 aromatic heterocycles. The molecule has 0 radical (unpaired) electrons. The summed E-state index contributed by atoms with van der Waals surface area (Å²) in [4.78, 5) is 13.2. The van der Waals surface area contributed by atoms with Crippen molar-refractivity contribution in [2.45, 2.75) is 281 Å². The van der Waals surface area contributed by atoms with Gasteiger partial charge in [0.25, 0.3) is 0 Å². The van der Waals surface area contributed by atoms with E-state index in [2.05, 4.69) is 35.5 Å². The quantitative estimate of drug-likeness (QED) is 0.0173. The second-order valence-electron chi connectivity index (χ2n) is 18.6. The molecule has 0 saturated carbocycles. The highest BCUT2D eigenvalue weighted by Crippen LogP contribution is 2.26. The third-order valence-electron chi connectivity index (χ3n) is 12.6. The molecular formula is C51H97NO12S. The summed E-state index contributed by atoms with van der Waals surface area (Å²) in [7, 11) is -5.12. The molecule has 13 nitrogen and oxygen atoms in total. The van der Waals surface area contributed by atoms with E-state index in [-0.39, 0.29) is 6.42 Å². The number of hydrogen-bond donors (Lipinski definition) is 7. The van der Waals surface area contributed by atoms with E-state index in [0.29, 0.717) is 12.8 Å². The number of ether oxygens (including phenoxy) is 2. The number of amides is 1. The summed E-state index contributed by atoms with van der Waals surface area (Å²) in [6, 6.07) is -1.12. The summed E-state index contributed by atoms with van der Waals surface area (Å²) in [6.45, 7) is 3.23. The fourth-order valence-electron chi connectivity index (χ4n) is 8.40. The van der Waals surface area contributed by atoms with Gasteiger partial charge in [-0.1, -0.05) is 212 Å². The molecule has 1 amide bonds. The molecular weight excluding hydrogens is 851 g/mol. The molecule has 8 unspecified atom stereocenters. The van der Waals surface area contributed by atoms with Crippen LogP contribution in [0.25, 0.3) is 0 Å². The van der Waals surface area contributed by atoms with Crippen LogP contribution in [-0.2, 0) is 28.9 Å². The summed E-state index contributed by atoms with van der Waals surface area (Å²) in [6.07, 6.45) is 36.9. The molecule has 0 aromatic rings. The van der Waals surface area contributed by atoms with E-state index in [1.165, 1.54) is 147 Å². The average molecular weight is 948 g/mol. The number of nitrogens with one attached hydrogen (secondary N) is 1. The summed E-state index contributed by atoms with van der Waals surface area (Å²) >= 11 is 0. The van der Waals surface area contributed by atoms with Gasteiger partial charge in [0.05, 0.1) is 25.4 Å². The maximum atomic E-state index is 13.2. The number of rotatable bonds is 45. The fraction of sp³-hybridized carbons (Fsp3) is 0.902. The second kappa shape index (κ2) is 41.5. The Kier molecular flexibility index (Phi) is 39.3. The molecule has 7 N–H and O–H groups in total. The van der Waals surface area contributed by atoms with Crippen LogP contribution in [-0.4, -0.2) is 107 Å². The third kappa shape index (κ3) is 33.6. The molecule has 384 valence electrons. The highest BCUT2D eigenvalue weighted by atomic mass is 32.3. The van der Waals surface area contributed by atoms with Crippen LogP contribution in [0.1, 0.15) is 232 Å². The molecule has 1 saturated heterocycles. The van der Waals surface area contributed by atoms with E-state index in [9.17, 15) is 43.3 Å². The Balaban J connectivity index is 2.47. The van der Waals surface area contributed by atoms with Gasteiger partial charge in [-0.15, -0.1) is 0 Å². The van der Waals surface area contributed by atoms with E-state index in [0.717, 1.165) is 57.8 Å². The SMILES string of the molecule is CCCCCCCCCCCCCC/C=C\CCCCCCCCC(O)C(=O)NC(COC1OC(CO)C(O)C(OS(=O)(=O)O)C1O)C(O)/C=C/CCCCCCCCCCCCCC. The Morgan fingerprint density at radius 1 is 0.615 bits per heavy atom. The lowest BCUT2D eigenvalue weighted by Crippen LogP contribution is -2.61. The number of aliphatic hydroxyl groups excluding tert-OH is 5. The standard InChI is InChI=1S/C51H97NO12S/c1-3-5-7-9-11-13-15-17-19-20-21-22-23-24-25-26-28-30-32-34-36-38-40-45(55)50(58)52-43(42-62-51-48(57)49(64-65(59,60)61)47(56)46(41-53)63-51)44(54)39-37-35-33-31-29-27-18-16-14-12-10-8-6-4-2/h24-25,37,39,43-49,51,53-57H,3-23,26-36,38,40-42H2,1-2H3,(H,52,58)(H,59,60,61)/b25-24-,39-37+. The lowest BCUT2D eigenvalue weighted by atomic mass is 9.99. The minimum atomic E-state index is -5.12. The molecule has 1 heterocycles. The van der Waals surface area contributed by atoms with Crippen molar-refractivity contribution in [3.63, 3.8) is 0 Å². The van der Waals surface area contributed by atoms with Gasteiger partial charge in [-0.05, 0) is 44.9 Å². The zero-order valence-corrected chi connectivity index (χ0v) is 41.7. The van der Waals surface area contributed by atoms with Crippen molar-refractivity contribution in [1.29, 1.82) is 0 Å². The number of aliphatic hydroxyl groups is 5. The molecule has 1 aliphatic heterocycles. The fourth-order valence-corrected chi connectivity index (χ4v) is 8.91. The van der Waals surface area contributed by atoms with Gasteiger partial charge < -0.3 is 40.3 Å². The lowest BCUT2D eigenvalue weighted by Gasteiger charge is -2.41. The van der Waals surface area contributed by atoms with Crippen LogP contribution in [0.15, 0.2) is 24.3 Å². The minimum absolute atomic E-state index is 0.237. The Morgan fingerprint density at radius 3 is 1.43 bits per heavy atom. The topological polar surface area (TPSA) is 212 Å². The van der Waals surface area contributed by atoms with Crippen LogP contribution in [0.3, 0.4) is 0 Å². The third-order valence-corrected chi connectivity index (χ3v) is 13.0. The van der Waals surface area contributed by atoms with E-state index in [1.54, 1.807) is 0 Å². The van der Waals surface area contributed by atoms with Crippen LogP contribution in [0, 0.1) is 0 Å². The van der Waals surface area contributed by atoms with E-state index >= 15 is 0 Å². The van der Waals surface area contributed by atoms with Crippen LogP contribution in [0.4, 0.5) is 0 Å². The maximum Gasteiger partial charge on any atom is 0.397 e. The van der Waals surface area contributed by atoms with Crippen LogP contribution in [0.5, 0.6) is 0 Å². The Labute approximate surface area is 395 Å². The first-order valence-corrected chi connectivity index (χ1v) is 27.7. The lowest BCUT2D eigenvalue weighted by molar-refractivity contribution is -0.298. The molecule has 65 heavy (non-hydrogen) atoms. The zero-order valence-electron chi connectivity index (χ0n) is 40.9. The van der Waals surface area contributed by atoms with Gasteiger partial charge in [0.1, 0.15) is 30.5 Å². The number of carbonyl (C=O) groups excluding carboxylic acids is 1. The second-order valence-corrected chi connectivity index (χ2v) is 19.7. The normalized spacial score (nSPS) is 20.8. The van der Waals surface area contributed by atoms with Gasteiger partial charge in [-0.3, -0.25) is 9.35 Å². The highest BCUT2D eigenvalue weighted by molar-refractivity contribution is 7.80. The Bertz CT molecular complexity index is 1270. The molecule has 8 atom stereocenters. The largest absolute Gasteiger partial charge is 0.397 e. The number of carbonyl (C=O) groups is 1. The molecule has 1 fully saturated rings. The van der Waals surface area contributed by atoms with E-state index in [1.807, 2.05) is 6.08 Å². The van der Waals surface area contributed by atoms with Crippen molar-refractivity contribution in [2.75, 3.05) is 13.2 Å². The van der Waals surface area contributed by atoms with Crippen LogP contribution >= 0.6 is 0 Å². The average Bonchev–Trinajstić information content (AvgIpc) is 3.28. The maximum absolute atomic E-state index is 13.2. The predicted octanol–water partition coefficient (Wildman–Crippen LogP) is 10.3. The van der Waals surface area contributed by atoms with E-state index < -0.39 is 78.5 Å². The highest BCUT2D eigenvalue weighted by Gasteiger charge is 2.48. The number of hydrogen-bond acceptors (Lipinski definition) is 11. The summed E-state index contributed by atoms with van der Waals surface area (Å²) in [5.74, 6) is -0.705. The van der Waals surface area contributed by atoms with Crippen molar-refractivity contribution in [1.82, 2.24) is 5.32 Å². The summed E-state index contributed by atoms with van der Waals surface area (Å²) < 4.78 is 47.6. The molecule has 0 spiro atoms. The van der Waals surface area contributed by atoms with Crippen molar-refractivity contribution < 1.29 is 57.0 Å². The summed E-state index contributed by atoms with van der Waals surface area (Å²) in [5.41, 5.74) is 0. The number of allylic oxidation sites excluding steroid dienone is 3. The van der Waals surface area contributed by atoms with Crippen LogP contribution in [0.2, 0.25) is 0 Å². The Morgan fingerprint density at radius 2 is 1.02 bits per heavy atom. The minimum Gasteiger partial charge on any atom is -0.394 e. The smallest absolute Gasteiger partial charge is 0.394 e. The molecule has 1 rings (SSSR count). The predicted molar refractivity (Wildman–Crippen MR) is 261 cm³/mol. The van der Waals surface area contributed by atoms with Gasteiger partial charge in [-0.2, -0.15) is 8.42 Å². The molecule has 1 aliphatic rings. The summed E-state index contributed by atoms with van der Waals surface area (Å²) in [5, 5.41) is 55.3. The van der Waals surface area contributed by atoms with Crippen molar-refractivity contribution >= 4 is 16.3 Å². The van der Waals surface area contributed by atoms with Gasteiger partial charge in [0.15, 0.2) is 6.29 Å². The zero-order chi connectivity index (χ0) is 47.8. The molecule has 0 aromatic carbocycles. The molecule has 0 aliphatic carbocycles. The van der Waals surface area contributed by atoms with Gasteiger partial charge in [0.2, 0.25) is 5.91 Å². The monoisotopic (exact) mass is 948 g/mol. The van der Waals surface area contributed by atoms with Crippen molar-refractivity contribution in [3.05, 3.63) is 24.3 Å². The van der Waals surface area contributed by atoms with Gasteiger partial charge in [0, 0.05) is 0 Å². The van der Waals surface area contributed by atoms with Gasteiger partial charge in [-0.25, -0.2) is 4.18 Å². The molecule has 14 heteroatoms. The van der Waals surface area contributed by atoms with Gasteiger partial charge >= 0.3 is 10.4 Å². The first kappa shape index (κ1) is 61.6. The Hall–Kier alpha value is -1.46. The first-order valence-electron chi connectivity index (χ1n) is 26.3. The first-order chi connectivity index (χ1) is 31.4. The molecule has 0 bridgehead atoms. The van der Waals surface area contributed by atoms with Crippen LogP contribution < -0.4 is 5.32 Å². The van der Waals surface area contributed by atoms with Crippen molar-refractivity contribution in [2.24, 2.45) is 0 Å². The van der Waals surface area contributed by atoms with Crippen molar-refractivity contribution in [3.8, 4) is 0 Å². The van der Waals surface area contributed by atoms with E-state index in [4.69, 9.17) is 9.47 Å². The number of unbranched alkanes of at least 4 members (excludes halogenated alkanes) is 30.